The molecule has 2 aliphatic rings. The van der Waals surface area contributed by atoms with Crippen LogP contribution in [0.3, 0.4) is 0 Å². The largest absolute Gasteiger partial charge is 0.497 e. The molecule has 0 aliphatic carbocycles. The summed E-state index contributed by atoms with van der Waals surface area (Å²) in [5, 5.41) is 7.95. The van der Waals surface area contributed by atoms with E-state index in [1.165, 1.54) is 5.56 Å². The van der Waals surface area contributed by atoms with Crippen molar-refractivity contribution in [3.05, 3.63) is 46.1 Å². The Morgan fingerprint density at radius 3 is 2.84 bits per heavy atom. The number of aromatic nitrogens is 3. The van der Waals surface area contributed by atoms with Gasteiger partial charge in [0.15, 0.2) is 5.96 Å². The first-order valence-corrected chi connectivity index (χ1v) is 11.5. The molecule has 31 heavy (non-hydrogen) atoms. The second-order valence-electron chi connectivity index (χ2n) is 8.32. The van der Waals surface area contributed by atoms with Crippen LogP contribution >= 0.6 is 0 Å². The molecule has 0 spiro atoms. The third-order valence-corrected chi connectivity index (χ3v) is 6.23. The van der Waals surface area contributed by atoms with Crippen molar-refractivity contribution < 1.29 is 4.74 Å². The summed E-state index contributed by atoms with van der Waals surface area (Å²) in [5.74, 6) is 3.31. The predicted molar refractivity (Wildman–Crippen MR) is 122 cm³/mol. The molecule has 1 aromatic carbocycles. The highest BCUT2D eigenvalue weighted by Gasteiger charge is 2.26. The van der Waals surface area contributed by atoms with Crippen LogP contribution in [0, 0.1) is 0 Å². The molecule has 8 heteroatoms. The number of aryl methyl sites for hydroxylation is 2. The molecule has 1 aromatic heterocycles. The van der Waals surface area contributed by atoms with Gasteiger partial charge in [0.1, 0.15) is 11.6 Å². The molecule has 2 aliphatic heterocycles. The Kier molecular flexibility index (Phi) is 6.94. The van der Waals surface area contributed by atoms with Crippen molar-refractivity contribution in [1.82, 2.24) is 24.6 Å². The van der Waals surface area contributed by atoms with Gasteiger partial charge in [-0.25, -0.2) is 9.48 Å². The van der Waals surface area contributed by atoms with Gasteiger partial charge < -0.3 is 15.0 Å². The monoisotopic (exact) mass is 426 g/mol. The van der Waals surface area contributed by atoms with Gasteiger partial charge in [0.2, 0.25) is 0 Å². The van der Waals surface area contributed by atoms with E-state index in [0.717, 1.165) is 75.8 Å². The van der Waals surface area contributed by atoms with Gasteiger partial charge in [-0.05, 0) is 50.3 Å². The number of benzene rings is 1. The molecular weight excluding hydrogens is 392 g/mol. The topological polar surface area (TPSA) is 76.7 Å². The summed E-state index contributed by atoms with van der Waals surface area (Å²) in [6.07, 6.45) is 5.03. The number of nitrogens with one attached hydrogen (secondary N) is 1. The van der Waals surface area contributed by atoms with Crippen LogP contribution in [0.25, 0.3) is 0 Å². The molecule has 1 N–H and O–H groups in total. The molecule has 0 bridgehead atoms. The fourth-order valence-corrected chi connectivity index (χ4v) is 4.53. The number of likely N-dealkylation sites (tertiary alicyclic amines) is 1. The van der Waals surface area contributed by atoms with Crippen molar-refractivity contribution in [2.45, 2.75) is 58.0 Å². The van der Waals surface area contributed by atoms with E-state index in [2.05, 4.69) is 34.4 Å². The first-order chi connectivity index (χ1) is 15.2. The summed E-state index contributed by atoms with van der Waals surface area (Å²) >= 11 is 0. The van der Waals surface area contributed by atoms with E-state index in [1.54, 1.807) is 11.8 Å². The minimum atomic E-state index is 0.0347. The Labute approximate surface area is 183 Å². The molecule has 1 unspecified atom stereocenters. The van der Waals surface area contributed by atoms with Crippen LogP contribution in [0.2, 0.25) is 0 Å². The second kappa shape index (κ2) is 10.0. The zero-order valence-electron chi connectivity index (χ0n) is 18.7. The van der Waals surface area contributed by atoms with Crippen LogP contribution in [-0.4, -0.2) is 58.5 Å². The van der Waals surface area contributed by atoms with E-state index in [9.17, 15) is 4.79 Å². The van der Waals surface area contributed by atoms with Gasteiger partial charge in [0.05, 0.1) is 7.11 Å². The molecule has 3 heterocycles. The minimum absolute atomic E-state index is 0.0347. The van der Waals surface area contributed by atoms with Crippen molar-refractivity contribution in [2.24, 2.45) is 4.99 Å². The fourth-order valence-electron chi connectivity index (χ4n) is 4.53. The van der Waals surface area contributed by atoms with Crippen LogP contribution in [0.15, 0.2) is 34.1 Å². The normalized spacial score (nSPS) is 18.8. The quantitative estimate of drug-likeness (QED) is 0.417. The van der Waals surface area contributed by atoms with Gasteiger partial charge in [0, 0.05) is 51.6 Å². The van der Waals surface area contributed by atoms with Gasteiger partial charge in [-0.15, -0.1) is 0 Å². The van der Waals surface area contributed by atoms with Gasteiger partial charge in [0.25, 0.3) is 0 Å². The summed E-state index contributed by atoms with van der Waals surface area (Å²) in [4.78, 5) is 19.6. The van der Waals surface area contributed by atoms with Gasteiger partial charge >= 0.3 is 5.69 Å². The van der Waals surface area contributed by atoms with Gasteiger partial charge in [-0.3, -0.25) is 9.56 Å². The molecule has 4 rings (SSSR count). The summed E-state index contributed by atoms with van der Waals surface area (Å²) < 4.78 is 8.73. The molecule has 8 nitrogen and oxygen atoms in total. The lowest BCUT2D eigenvalue weighted by Crippen LogP contribution is -2.40. The molecule has 0 amide bonds. The molecule has 1 atom stereocenters. The maximum Gasteiger partial charge on any atom is 0.345 e. The molecule has 0 radical (unpaired) electrons. The Balaban J connectivity index is 1.33. The van der Waals surface area contributed by atoms with Crippen molar-refractivity contribution in [3.8, 4) is 5.75 Å². The summed E-state index contributed by atoms with van der Waals surface area (Å²) in [6, 6.07) is 8.40. The molecular formula is C23H34N6O2. The molecule has 1 fully saturated rings. The number of ether oxygens (including phenoxy) is 1. The number of guanidine groups is 1. The number of hydrogen-bond acceptors (Lipinski definition) is 4. The van der Waals surface area contributed by atoms with Crippen LogP contribution < -0.4 is 15.7 Å². The average molecular weight is 427 g/mol. The first kappa shape index (κ1) is 21.5. The van der Waals surface area contributed by atoms with Gasteiger partial charge in [-0.1, -0.05) is 12.1 Å². The third kappa shape index (κ3) is 4.94. The highest BCUT2D eigenvalue weighted by atomic mass is 16.5. The van der Waals surface area contributed by atoms with Crippen LogP contribution in [0.5, 0.6) is 5.75 Å². The van der Waals surface area contributed by atoms with E-state index in [0.29, 0.717) is 19.0 Å². The number of aliphatic imine (C=N–C) groups is 1. The summed E-state index contributed by atoms with van der Waals surface area (Å²) in [6.45, 7) is 7.01. The second-order valence-corrected chi connectivity index (χ2v) is 8.32. The summed E-state index contributed by atoms with van der Waals surface area (Å²) in [5.41, 5.74) is 1.38. The molecule has 168 valence electrons. The van der Waals surface area contributed by atoms with Crippen molar-refractivity contribution in [1.29, 1.82) is 0 Å². The van der Waals surface area contributed by atoms with Crippen molar-refractivity contribution >= 4 is 5.96 Å². The zero-order valence-corrected chi connectivity index (χ0v) is 18.7. The zero-order chi connectivity index (χ0) is 21.6. The lowest BCUT2D eigenvalue weighted by Gasteiger charge is -2.22. The Hall–Kier alpha value is -2.77. The average Bonchev–Trinajstić information content (AvgIpc) is 3.41. The van der Waals surface area contributed by atoms with E-state index >= 15 is 0 Å². The van der Waals surface area contributed by atoms with Crippen molar-refractivity contribution in [2.75, 3.05) is 33.3 Å². The van der Waals surface area contributed by atoms with Crippen LogP contribution in [0.4, 0.5) is 0 Å². The minimum Gasteiger partial charge on any atom is -0.497 e. The number of methoxy groups -OCH3 is 1. The molecule has 0 saturated carbocycles. The Bertz CT molecular complexity index is 946. The maximum atomic E-state index is 12.5. The smallest absolute Gasteiger partial charge is 0.345 e. The third-order valence-electron chi connectivity index (χ3n) is 6.23. The highest BCUT2D eigenvalue weighted by molar-refractivity contribution is 5.80. The SMILES string of the molecule is CCNC(=NCCCn1nc2n(c1=O)CCCC2)N1CCC(c2ccc(OC)cc2)C1. The predicted octanol–water partition coefficient (Wildman–Crippen LogP) is 2.23. The lowest BCUT2D eigenvalue weighted by atomic mass is 9.98. The maximum absolute atomic E-state index is 12.5. The molecule has 1 saturated heterocycles. The van der Waals surface area contributed by atoms with Crippen LogP contribution in [0.1, 0.15) is 49.9 Å². The van der Waals surface area contributed by atoms with E-state index in [-0.39, 0.29) is 5.69 Å². The standard InChI is InChI=1S/C23H34N6O2/c1-3-24-22(27-16-12-19(17-27)18-8-10-20(31-2)11-9-18)25-13-6-15-29-23(30)28-14-5-4-7-21(28)26-29/h8-11,19H,3-7,12-17H2,1-2H3,(H,24,25). The van der Waals surface area contributed by atoms with Gasteiger partial charge in [-0.2, -0.15) is 5.10 Å². The van der Waals surface area contributed by atoms with E-state index in [4.69, 9.17) is 9.73 Å². The highest BCUT2D eigenvalue weighted by Crippen LogP contribution is 2.28. The first-order valence-electron chi connectivity index (χ1n) is 11.5. The number of fused-ring (bicyclic) bond motifs is 1. The summed E-state index contributed by atoms with van der Waals surface area (Å²) in [7, 11) is 1.70. The number of nitrogens with zero attached hydrogens (tertiary/aromatic N) is 5. The van der Waals surface area contributed by atoms with Crippen molar-refractivity contribution in [3.63, 3.8) is 0 Å². The van der Waals surface area contributed by atoms with Crippen LogP contribution in [-0.2, 0) is 19.5 Å². The Morgan fingerprint density at radius 1 is 1.26 bits per heavy atom. The fraction of sp³-hybridized carbons (Fsp3) is 0.609. The number of hydrogen-bond donors (Lipinski definition) is 1. The lowest BCUT2D eigenvalue weighted by molar-refractivity contribution is 0.414. The Morgan fingerprint density at radius 2 is 2.10 bits per heavy atom. The van der Waals surface area contributed by atoms with E-state index in [1.807, 2.05) is 16.7 Å². The number of rotatable bonds is 7. The van der Waals surface area contributed by atoms with E-state index < -0.39 is 0 Å². The molecule has 2 aromatic rings.